The fourth-order valence-corrected chi connectivity index (χ4v) is 4.98. The minimum absolute atomic E-state index is 0.238. The fourth-order valence-electron chi connectivity index (χ4n) is 4.98. The number of unbranched alkanes of at least 4 members (excludes halogenated alkanes) is 2. The molecule has 0 bridgehead atoms. The minimum Gasteiger partial charge on any atom is -0.507 e. The summed E-state index contributed by atoms with van der Waals surface area (Å²) in [5.41, 5.74) is 4.16. The summed E-state index contributed by atoms with van der Waals surface area (Å²) in [6.45, 7) is 8.90. The molecule has 0 saturated heterocycles. The molecule has 0 spiro atoms. The molecule has 4 nitrogen and oxygen atoms in total. The van der Waals surface area contributed by atoms with Crippen LogP contribution >= 0.6 is 0 Å². The lowest BCUT2D eigenvalue weighted by atomic mass is 9.84. The number of phenolic OH excluding ortho intramolecular Hbond substituents is 1. The van der Waals surface area contributed by atoms with Gasteiger partial charge >= 0.3 is 5.63 Å². The van der Waals surface area contributed by atoms with Crippen LogP contribution in [0.2, 0.25) is 0 Å². The Balaban J connectivity index is 1.61. The van der Waals surface area contributed by atoms with Crippen LogP contribution in [0.15, 0.2) is 51.7 Å². The van der Waals surface area contributed by atoms with Crippen molar-refractivity contribution in [3.05, 3.63) is 75.1 Å². The predicted octanol–water partition coefficient (Wildman–Crippen LogP) is 6.38. The predicted molar refractivity (Wildman–Crippen MR) is 130 cm³/mol. The van der Waals surface area contributed by atoms with Crippen LogP contribution in [-0.2, 0) is 19.5 Å². The second-order valence-corrected chi connectivity index (χ2v) is 9.47. The maximum atomic E-state index is 12.9. The van der Waals surface area contributed by atoms with E-state index in [0.29, 0.717) is 34.9 Å². The van der Waals surface area contributed by atoms with E-state index in [1.54, 1.807) is 0 Å². The minimum atomic E-state index is -0.273. The molecule has 2 heterocycles. The van der Waals surface area contributed by atoms with E-state index < -0.39 is 0 Å². The van der Waals surface area contributed by atoms with Gasteiger partial charge in [0.2, 0.25) is 0 Å². The number of aromatic hydroxyl groups is 1. The van der Waals surface area contributed by atoms with Crippen LogP contribution in [0, 0.1) is 5.92 Å². The molecule has 2 aromatic carbocycles. The molecule has 2 unspecified atom stereocenters. The molecular weight excluding hydrogens is 398 g/mol. The van der Waals surface area contributed by atoms with E-state index >= 15 is 0 Å². The van der Waals surface area contributed by atoms with Crippen molar-refractivity contribution >= 4 is 11.0 Å². The highest BCUT2D eigenvalue weighted by molar-refractivity contribution is 5.88. The average molecular weight is 434 g/mol. The Morgan fingerprint density at radius 1 is 1.09 bits per heavy atom. The Bertz CT molecular complexity index is 1120. The van der Waals surface area contributed by atoms with Gasteiger partial charge in [-0.2, -0.15) is 0 Å². The molecular formula is C28H35NO3. The molecule has 0 aliphatic carbocycles. The second-order valence-electron chi connectivity index (χ2n) is 9.47. The monoisotopic (exact) mass is 433 g/mol. The Hall–Kier alpha value is -2.59. The quantitative estimate of drug-likeness (QED) is 0.331. The highest BCUT2D eigenvalue weighted by Crippen LogP contribution is 2.37. The third-order valence-electron chi connectivity index (χ3n) is 7.17. The third kappa shape index (κ3) is 4.75. The number of rotatable bonds is 8. The number of hydrogen-bond acceptors (Lipinski definition) is 4. The Kier molecular flexibility index (Phi) is 7.00. The first-order chi connectivity index (χ1) is 15.5. The van der Waals surface area contributed by atoms with Crippen LogP contribution in [0.3, 0.4) is 0 Å². The van der Waals surface area contributed by atoms with E-state index in [9.17, 15) is 9.90 Å². The summed E-state index contributed by atoms with van der Waals surface area (Å²) in [7, 11) is 0. The topological polar surface area (TPSA) is 53.7 Å². The number of benzene rings is 2. The van der Waals surface area contributed by atoms with Crippen LogP contribution in [0.5, 0.6) is 5.75 Å². The van der Waals surface area contributed by atoms with Crippen molar-refractivity contribution in [2.45, 2.75) is 71.9 Å². The zero-order valence-electron chi connectivity index (χ0n) is 19.6. The summed E-state index contributed by atoms with van der Waals surface area (Å²) in [5.74, 6) is 1.04. The van der Waals surface area contributed by atoms with Crippen molar-refractivity contribution in [1.29, 1.82) is 0 Å². The van der Waals surface area contributed by atoms with E-state index in [1.165, 1.54) is 31.2 Å². The molecule has 1 aliphatic rings. The number of nitrogens with zero attached hydrogens (tertiary/aromatic N) is 1. The largest absolute Gasteiger partial charge is 0.507 e. The second kappa shape index (κ2) is 9.91. The summed E-state index contributed by atoms with van der Waals surface area (Å²) in [6.07, 6.45) is 5.60. The summed E-state index contributed by atoms with van der Waals surface area (Å²) in [5, 5.41) is 11.7. The van der Waals surface area contributed by atoms with Gasteiger partial charge in [0.25, 0.3) is 0 Å². The fraction of sp³-hybridized carbons (Fsp3) is 0.464. The van der Waals surface area contributed by atoms with E-state index in [4.69, 9.17) is 4.42 Å². The maximum absolute atomic E-state index is 12.9. The maximum Gasteiger partial charge on any atom is 0.341 e. The van der Waals surface area contributed by atoms with Gasteiger partial charge in [-0.15, -0.1) is 0 Å². The molecule has 4 heteroatoms. The van der Waals surface area contributed by atoms with Gasteiger partial charge in [-0.05, 0) is 47.1 Å². The average Bonchev–Trinajstić information content (AvgIpc) is 2.79. The highest BCUT2D eigenvalue weighted by Gasteiger charge is 2.25. The number of phenols is 1. The molecule has 0 fully saturated rings. The summed E-state index contributed by atoms with van der Waals surface area (Å²) in [4.78, 5) is 15.2. The lowest BCUT2D eigenvalue weighted by molar-refractivity contribution is 0.241. The van der Waals surface area contributed by atoms with Crippen molar-refractivity contribution in [1.82, 2.24) is 4.90 Å². The van der Waals surface area contributed by atoms with Gasteiger partial charge in [-0.3, -0.25) is 4.90 Å². The van der Waals surface area contributed by atoms with E-state index in [2.05, 4.69) is 37.8 Å². The first-order valence-corrected chi connectivity index (χ1v) is 12.1. The SMILES string of the molecule is CCCCCC(C)C(C)c1cc(O)c2c3c(c(=O)oc2c1)CN(Cc1ccccc1)CC3. The Labute approximate surface area is 190 Å². The van der Waals surface area contributed by atoms with E-state index in [-0.39, 0.29) is 11.4 Å². The van der Waals surface area contributed by atoms with Gasteiger partial charge in [0, 0.05) is 19.6 Å². The van der Waals surface area contributed by atoms with Gasteiger partial charge in [-0.25, -0.2) is 4.79 Å². The Morgan fingerprint density at radius 2 is 1.88 bits per heavy atom. The molecule has 4 rings (SSSR count). The molecule has 1 aliphatic heterocycles. The lowest BCUT2D eigenvalue weighted by Crippen LogP contribution is -2.33. The van der Waals surface area contributed by atoms with E-state index in [0.717, 1.165) is 30.6 Å². The van der Waals surface area contributed by atoms with Crippen molar-refractivity contribution in [2.75, 3.05) is 6.54 Å². The number of fused-ring (bicyclic) bond motifs is 3. The van der Waals surface area contributed by atoms with E-state index in [1.807, 2.05) is 30.3 Å². The van der Waals surface area contributed by atoms with Crippen LogP contribution in [-0.4, -0.2) is 16.6 Å². The first kappa shape index (κ1) is 22.6. The lowest BCUT2D eigenvalue weighted by Gasteiger charge is -2.29. The molecule has 0 saturated carbocycles. The van der Waals surface area contributed by atoms with Crippen molar-refractivity contribution < 1.29 is 9.52 Å². The zero-order chi connectivity index (χ0) is 22.7. The number of hydrogen-bond donors (Lipinski definition) is 1. The van der Waals surface area contributed by atoms with Gasteiger partial charge in [-0.1, -0.05) is 76.8 Å². The molecule has 0 amide bonds. The highest BCUT2D eigenvalue weighted by atomic mass is 16.4. The molecule has 3 aromatic rings. The van der Waals surface area contributed by atoms with Gasteiger partial charge in [0.05, 0.1) is 10.9 Å². The standard InChI is InChI=1S/C28H35NO3/c1-4-5-7-10-19(2)20(3)22-15-25(30)27-23-13-14-29(17-21-11-8-6-9-12-21)18-24(23)28(31)32-26(27)16-22/h6,8-9,11-12,15-16,19-20,30H,4-5,7,10,13-14,17-18H2,1-3H3. The summed E-state index contributed by atoms with van der Waals surface area (Å²) < 4.78 is 5.77. The summed E-state index contributed by atoms with van der Waals surface area (Å²) in [6, 6.07) is 14.2. The van der Waals surface area contributed by atoms with Crippen LogP contribution in [0.4, 0.5) is 0 Å². The van der Waals surface area contributed by atoms with Gasteiger partial charge in [0.1, 0.15) is 11.3 Å². The third-order valence-corrected chi connectivity index (χ3v) is 7.17. The molecule has 170 valence electrons. The van der Waals surface area contributed by atoms with Gasteiger partial charge < -0.3 is 9.52 Å². The Morgan fingerprint density at radius 3 is 2.62 bits per heavy atom. The van der Waals surface area contributed by atoms with Crippen LogP contribution in [0.1, 0.15) is 74.6 Å². The first-order valence-electron chi connectivity index (χ1n) is 12.1. The van der Waals surface area contributed by atoms with Crippen molar-refractivity contribution in [3.63, 3.8) is 0 Å². The van der Waals surface area contributed by atoms with Crippen LogP contribution in [0.25, 0.3) is 11.0 Å². The smallest absolute Gasteiger partial charge is 0.341 e. The molecule has 2 atom stereocenters. The summed E-state index contributed by atoms with van der Waals surface area (Å²) >= 11 is 0. The zero-order valence-corrected chi connectivity index (χ0v) is 19.6. The van der Waals surface area contributed by atoms with Gasteiger partial charge in [0.15, 0.2) is 0 Å². The normalized spacial score (nSPS) is 16.1. The molecule has 1 N–H and O–H groups in total. The van der Waals surface area contributed by atoms with Crippen molar-refractivity contribution in [3.8, 4) is 5.75 Å². The van der Waals surface area contributed by atoms with Crippen molar-refractivity contribution in [2.24, 2.45) is 5.92 Å². The van der Waals surface area contributed by atoms with Crippen LogP contribution < -0.4 is 5.63 Å². The molecule has 0 radical (unpaired) electrons. The molecule has 32 heavy (non-hydrogen) atoms. The molecule has 1 aromatic heterocycles.